The standard InChI is InChI=1S/C14H19NO/c1-3-15-14-9(2)13-10-6-4-5-7-12(10)16-8-11(13)14/h4-7,9,11,13-15H,3,8H2,1-2H3. The Kier molecular flexibility index (Phi) is 2.40. The molecule has 2 heteroatoms. The summed E-state index contributed by atoms with van der Waals surface area (Å²) in [4.78, 5) is 0. The molecule has 1 fully saturated rings. The molecule has 2 aliphatic rings. The SMILES string of the molecule is CCNC1C(C)C2c3ccccc3OCC12. The van der Waals surface area contributed by atoms with Crippen molar-refractivity contribution in [2.45, 2.75) is 25.8 Å². The third-order valence-corrected chi connectivity index (χ3v) is 4.20. The van der Waals surface area contributed by atoms with Crippen LogP contribution in [0, 0.1) is 11.8 Å². The molecule has 1 saturated carbocycles. The highest BCUT2D eigenvalue weighted by Gasteiger charge is 2.50. The highest BCUT2D eigenvalue weighted by molar-refractivity contribution is 5.41. The molecular formula is C14H19NO. The summed E-state index contributed by atoms with van der Waals surface area (Å²) in [6.45, 7) is 6.47. The molecule has 4 unspecified atom stereocenters. The van der Waals surface area contributed by atoms with E-state index in [0.29, 0.717) is 17.9 Å². The van der Waals surface area contributed by atoms with E-state index in [1.54, 1.807) is 0 Å². The first-order valence-corrected chi connectivity index (χ1v) is 6.28. The summed E-state index contributed by atoms with van der Waals surface area (Å²) >= 11 is 0. The fourth-order valence-electron chi connectivity index (χ4n) is 3.45. The predicted molar refractivity (Wildman–Crippen MR) is 64.8 cm³/mol. The molecule has 1 aromatic rings. The molecule has 1 aliphatic heterocycles. The van der Waals surface area contributed by atoms with Gasteiger partial charge < -0.3 is 10.1 Å². The number of fused-ring (bicyclic) bond motifs is 3. The van der Waals surface area contributed by atoms with Gasteiger partial charge in [-0.05, 0) is 30.0 Å². The van der Waals surface area contributed by atoms with E-state index >= 15 is 0 Å². The van der Waals surface area contributed by atoms with E-state index in [9.17, 15) is 0 Å². The molecular weight excluding hydrogens is 198 g/mol. The van der Waals surface area contributed by atoms with Crippen molar-refractivity contribution in [2.24, 2.45) is 11.8 Å². The minimum atomic E-state index is 0.642. The predicted octanol–water partition coefficient (Wildman–Crippen LogP) is 2.41. The van der Waals surface area contributed by atoms with Crippen molar-refractivity contribution in [1.29, 1.82) is 0 Å². The van der Waals surface area contributed by atoms with Crippen molar-refractivity contribution in [2.75, 3.05) is 13.2 Å². The number of para-hydroxylation sites is 1. The number of benzene rings is 1. The Bertz CT molecular complexity index is 390. The van der Waals surface area contributed by atoms with Gasteiger partial charge in [0, 0.05) is 12.0 Å². The van der Waals surface area contributed by atoms with Crippen LogP contribution in [0.2, 0.25) is 0 Å². The van der Waals surface area contributed by atoms with Crippen LogP contribution in [-0.2, 0) is 0 Å². The smallest absolute Gasteiger partial charge is 0.122 e. The van der Waals surface area contributed by atoms with Gasteiger partial charge in [0.2, 0.25) is 0 Å². The van der Waals surface area contributed by atoms with Crippen molar-refractivity contribution >= 4 is 0 Å². The number of hydrogen-bond acceptors (Lipinski definition) is 2. The lowest BCUT2D eigenvalue weighted by Crippen LogP contribution is -2.59. The van der Waals surface area contributed by atoms with Crippen LogP contribution in [0.1, 0.15) is 25.3 Å². The molecule has 2 nitrogen and oxygen atoms in total. The number of hydrogen-bond donors (Lipinski definition) is 1. The van der Waals surface area contributed by atoms with Gasteiger partial charge in [-0.3, -0.25) is 0 Å². The van der Waals surface area contributed by atoms with Crippen LogP contribution in [0.25, 0.3) is 0 Å². The molecule has 0 saturated heterocycles. The maximum absolute atomic E-state index is 5.84. The molecule has 3 rings (SSSR count). The molecule has 1 aliphatic carbocycles. The van der Waals surface area contributed by atoms with E-state index in [1.165, 1.54) is 5.56 Å². The fourth-order valence-corrected chi connectivity index (χ4v) is 3.45. The topological polar surface area (TPSA) is 21.3 Å². The molecule has 1 aromatic carbocycles. The Morgan fingerprint density at radius 2 is 2.19 bits per heavy atom. The van der Waals surface area contributed by atoms with Crippen LogP contribution in [0.4, 0.5) is 0 Å². The zero-order chi connectivity index (χ0) is 11.1. The quantitative estimate of drug-likeness (QED) is 0.821. The minimum absolute atomic E-state index is 0.642. The van der Waals surface area contributed by atoms with E-state index in [1.807, 2.05) is 0 Å². The lowest BCUT2D eigenvalue weighted by Gasteiger charge is -2.53. The Labute approximate surface area is 97.0 Å². The second kappa shape index (κ2) is 3.77. The summed E-state index contributed by atoms with van der Waals surface area (Å²) in [5.41, 5.74) is 1.42. The number of ether oxygens (including phenoxy) is 1. The Hall–Kier alpha value is -1.02. The van der Waals surface area contributed by atoms with Gasteiger partial charge in [-0.15, -0.1) is 0 Å². The average Bonchev–Trinajstić information content (AvgIpc) is 2.34. The molecule has 0 bridgehead atoms. The van der Waals surface area contributed by atoms with Gasteiger partial charge in [0.15, 0.2) is 0 Å². The third kappa shape index (κ3) is 1.29. The van der Waals surface area contributed by atoms with E-state index in [4.69, 9.17) is 4.74 Å². The van der Waals surface area contributed by atoms with Gasteiger partial charge in [0.05, 0.1) is 6.61 Å². The van der Waals surface area contributed by atoms with Gasteiger partial charge in [0.1, 0.15) is 5.75 Å². The summed E-state index contributed by atoms with van der Waals surface area (Å²) in [5.74, 6) is 3.21. The maximum atomic E-state index is 5.84. The molecule has 0 radical (unpaired) electrons. The van der Waals surface area contributed by atoms with Gasteiger partial charge in [-0.2, -0.15) is 0 Å². The van der Waals surface area contributed by atoms with E-state index in [2.05, 4.69) is 43.4 Å². The summed E-state index contributed by atoms with van der Waals surface area (Å²) in [6.07, 6.45) is 0. The fraction of sp³-hybridized carbons (Fsp3) is 0.571. The first kappa shape index (κ1) is 10.2. The summed E-state index contributed by atoms with van der Waals surface area (Å²) < 4.78 is 5.84. The zero-order valence-electron chi connectivity index (χ0n) is 9.94. The minimum Gasteiger partial charge on any atom is -0.493 e. The maximum Gasteiger partial charge on any atom is 0.122 e. The van der Waals surface area contributed by atoms with Crippen molar-refractivity contribution in [3.05, 3.63) is 29.8 Å². The number of nitrogens with one attached hydrogen (secondary N) is 1. The van der Waals surface area contributed by atoms with Gasteiger partial charge in [-0.1, -0.05) is 32.0 Å². The second-order valence-corrected chi connectivity index (χ2v) is 4.98. The molecule has 86 valence electrons. The first-order chi connectivity index (χ1) is 7.83. The lowest BCUT2D eigenvalue weighted by atomic mass is 9.58. The molecule has 16 heavy (non-hydrogen) atoms. The first-order valence-electron chi connectivity index (χ1n) is 6.28. The number of rotatable bonds is 2. The average molecular weight is 217 g/mol. The van der Waals surface area contributed by atoms with Gasteiger partial charge >= 0.3 is 0 Å². The largest absolute Gasteiger partial charge is 0.493 e. The summed E-state index contributed by atoms with van der Waals surface area (Å²) in [5, 5.41) is 3.58. The van der Waals surface area contributed by atoms with E-state index in [-0.39, 0.29) is 0 Å². The lowest BCUT2D eigenvalue weighted by molar-refractivity contribution is 0.0216. The van der Waals surface area contributed by atoms with E-state index < -0.39 is 0 Å². The van der Waals surface area contributed by atoms with Crippen LogP contribution in [0.5, 0.6) is 5.75 Å². The van der Waals surface area contributed by atoms with E-state index in [0.717, 1.165) is 24.8 Å². The second-order valence-electron chi connectivity index (χ2n) is 4.98. The highest BCUT2D eigenvalue weighted by Crippen LogP contribution is 2.52. The monoisotopic (exact) mass is 217 g/mol. The normalized spacial score (nSPS) is 35.6. The molecule has 0 amide bonds. The molecule has 1 heterocycles. The van der Waals surface area contributed by atoms with Crippen LogP contribution < -0.4 is 10.1 Å². The zero-order valence-corrected chi connectivity index (χ0v) is 9.94. The highest BCUT2D eigenvalue weighted by atomic mass is 16.5. The van der Waals surface area contributed by atoms with Gasteiger partial charge in [0.25, 0.3) is 0 Å². The van der Waals surface area contributed by atoms with Crippen LogP contribution in [0.3, 0.4) is 0 Å². The third-order valence-electron chi connectivity index (χ3n) is 4.20. The van der Waals surface area contributed by atoms with Crippen molar-refractivity contribution < 1.29 is 4.74 Å². The van der Waals surface area contributed by atoms with Crippen molar-refractivity contribution in [1.82, 2.24) is 5.32 Å². The van der Waals surface area contributed by atoms with Crippen LogP contribution >= 0.6 is 0 Å². The van der Waals surface area contributed by atoms with Crippen LogP contribution in [0.15, 0.2) is 24.3 Å². The molecule has 4 atom stereocenters. The molecule has 0 spiro atoms. The Morgan fingerprint density at radius 1 is 1.38 bits per heavy atom. The summed E-state index contributed by atoms with van der Waals surface area (Å²) in [6, 6.07) is 9.15. The van der Waals surface area contributed by atoms with Crippen LogP contribution in [-0.4, -0.2) is 19.2 Å². The molecule has 0 aromatic heterocycles. The Balaban J connectivity index is 1.88. The Morgan fingerprint density at radius 3 is 3.00 bits per heavy atom. The molecule has 1 N–H and O–H groups in total. The van der Waals surface area contributed by atoms with Crippen molar-refractivity contribution in [3.8, 4) is 5.75 Å². The van der Waals surface area contributed by atoms with Crippen molar-refractivity contribution in [3.63, 3.8) is 0 Å². The van der Waals surface area contributed by atoms with Gasteiger partial charge in [-0.25, -0.2) is 0 Å². The summed E-state index contributed by atoms with van der Waals surface area (Å²) in [7, 11) is 0.